The summed E-state index contributed by atoms with van der Waals surface area (Å²) in [5.74, 6) is 0. The minimum Gasteiger partial charge on any atom is -0.384 e. The first-order valence-corrected chi connectivity index (χ1v) is 6.77. The first kappa shape index (κ1) is 12.9. The largest absolute Gasteiger partial charge is 0.384 e. The van der Waals surface area contributed by atoms with Crippen LogP contribution >= 0.6 is 11.3 Å². The van der Waals surface area contributed by atoms with Gasteiger partial charge in [-0.1, -0.05) is 16.6 Å². The van der Waals surface area contributed by atoms with Gasteiger partial charge in [-0.25, -0.2) is 9.67 Å². The zero-order chi connectivity index (χ0) is 14.3. The average Bonchev–Trinajstić information content (AvgIpc) is 2.96. The first-order chi connectivity index (χ1) is 9.43. The molecule has 0 aromatic carbocycles. The van der Waals surface area contributed by atoms with Crippen molar-refractivity contribution in [1.82, 2.24) is 29.6 Å². The summed E-state index contributed by atoms with van der Waals surface area (Å²) < 4.78 is 2.78. The van der Waals surface area contributed by atoms with Crippen LogP contribution in [0.5, 0.6) is 0 Å². The molecular formula is C11H12N6O2S. The second-order valence-corrected chi connectivity index (χ2v) is 5.69. The number of fused-ring (bicyclic) bond motifs is 1. The van der Waals surface area contributed by atoms with Crippen LogP contribution in [0.3, 0.4) is 0 Å². The molecule has 0 amide bonds. The summed E-state index contributed by atoms with van der Waals surface area (Å²) in [7, 11) is 0. The van der Waals surface area contributed by atoms with Crippen molar-refractivity contribution < 1.29 is 5.11 Å². The predicted octanol–water partition coefficient (Wildman–Crippen LogP) is 0.0182. The van der Waals surface area contributed by atoms with E-state index in [4.69, 9.17) is 0 Å². The van der Waals surface area contributed by atoms with Gasteiger partial charge < -0.3 is 5.11 Å². The fraction of sp³-hybridized carbons (Fsp3) is 0.364. The highest BCUT2D eigenvalue weighted by atomic mass is 32.1. The van der Waals surface area contributed by atoms with E-state index in [0.29, 0.717) is 22.9 Å². The van der Waals surface area contributed by atoms with Gasteiger partial charge >= 0.3 is 0 Å². The standard InChI is InChI=1S/C11H12N6O2S/c1-11(2,19)8-5-16(15-14-8)4-7-3-9(18)17-10(13-7)20-6-12-17/h3,5-6,19H,4H2,1-2H3. The Morgan fingerprint density at radius 3 is 2.95 bits per heavy atom. The van der Waals surface area contributed by atoms with E-state index in [-0.39, 0.29) is 5.56 Å². The molecule has 0 saturated heterocycles. The number of hydrogen-bond acceptors (Lipinski definition) is 7. The Balaban J connectivity index is 1.93. The summed E-state index contributed by atoms with van der Waals surface area (Å²) in [5, 5.41) is 21.6. The lowest BCUT2D eigenvalue weighted by atomic mass is 10.1. The monoisotopic (exact) mass is 292 g/mol. The van der Waals surface area contributed by atoms with Gasteiger partial charge in [-0.05, 0) is 13.8 Å². The Morgan fingerprint density at radius 1 is 1.45 bits per heavy atom. The van der Waals surface area contributed by atoms with Crippen molar-refractivity contribution in [3.8, 4) is 0 Å². The maximum atomic E-state index is 11.8. The molecule has 0 aliphatic rings. The average molecular weight is 292 g/mol. The Labute approximate surface area is 117 Å². The molecule has 0 saturated carbocycles. The van der Waals surface area contributed by atoms with Crippen LogP contribution in [-0.2, 0) is 12.1 Å². The molecule has 0 radical (unpaired) electrons. The smallest absolute Gasteiger partial charge is 0.275 e. The van der Waals surface area contributed by atoms with E-state index >= 15 is 0 Å². The van der Waals surface area contributed by atoms with Crippen LogP contribution in [0.4, 0.5) is 0 Å². The van der Waals surface area contributed by atoms with Crippen molar-refractivity contribution in [3.63, 3.8) is 0 Å². The predicted molar refractivity (Wildman–Crippen MR) is 71.5 cm³/mol. The molecule has 8 nitrogen and oxygen atoms in total. The maximum absolute atomic E-state index is 11.8. The Hall–Kier alpha value is -2.13. The molecule has 3 rings (SSSR count). The molecule has 0 spiro atoms. The summed E-state index contributed by atoms with van der Waals surface area (Å²) in [6, 6.07) is 1.41. The third-order valence-electron chi connectivity index (χ3n) is 2.73. The minimum atomic E-state index is -1.05. The lowest BCUT2D eigenvalue weighted by Crippen LogP contribution is -2.17. The van der Waals surface area contributed by atoms with E-state index in [1.807, 2.05) is 0 Å². The number of rotatable bonds is 3. The quantitative estimate of drug-likeness (QED) is 0.730. The third-order valence-corrected chi connectivity index (χ3v) is 3.40. The molecule has 1 N–H and O–H groups in total. The van der Waals surface area contributed by atoms with E-state index in [9.17, 15) is 9.90 Å². The van der Waals surface area contributed by atoms with E-state index in [1.54, 1.807) is 25.6 Å². The molecule has 104 valence electrons. The number of hydrogen-bond donors (Lipinski definition) is 1. The van der Waals surface area contributed by atoms with Gasteiger partial charge in [-0.15, -0.1) is 5.10 Å². The van der Waals surface area contributed by atoms with Crippen LogP contribution in [0.1, 0.15) is 25.2 Å². The normalized spacial score (nSPS) is 12.2. The van der Waals surface area contributed by atoms with Gasteiger partial charge in [0.1, 0.15) is 16.8 Å². The summed E-state index contributed by atoms with van der Waals surface area (Å²) in [4.78, 5) is 16.7. The zero-order valence-electron chi connectivity index (χ0n) is 10.9. The van der Waals surface area contributed by atoms with Crippen LogP contribution in [0.25, 0.3) is 4.96 Å². The molecule has 3 aromatic rings. The van der Waals surface area contributed by atoms with Crippen LogP contribution in [-0.4, -0.2) is 34.7 Å². The molecule has 0 bridgehead atoms. The summed E-state index contributed by atoms with van der Waals surface area (Å²) in [6.07, 6.45) is 1.64. The third kappa shape index (κ3) is 2.32. The summed E-state index contributed by atoms with van der Waals surface area (Å²) in [5.41, 5.74) is 1.33. The second kappa shape index (κ2) is 4.46. The fourth-order valence-electron chi connectivity index (χ4n) is 1.70. The SMILES string of the molecule is CC(C)(O)c1cn(Cc2cc(=O)n3ncsc3n2)nn1. The fourth-order valence-corrected chi connectivity index (χ4v) is 2.35. The Bertz CT molecular complexity index is 812. The Morgan fingerprint density at radius 2 is 2.25 bits per heavy atom. The van der Waals surface area contributed by atoms with Gasteiger partial charge in [0.2, 0.25) is 4.96 Å². The minimum absolute atomic E-state index is 0.228. The Kier molecular flexibility index (Phi) is 2.87. The van der Waals surface area contributed by atoms with Gasteiger partial charge in [0, 0.05) is 6.07 Å². The van der Waals surface area contributed by atoms with Gasteiger partial charge in [0.05, 0.1) is 18.4 Å². The molecule has 0 atom stereocenters. The lowest BCUT2D eigenvalue weighted by molar-refractivity contribution is 0.0737. The van der Waals surface area contributed by atoms with E-state index in [2.05, 4.69) is 20.4 Å². The maximum Gasteiger partial charge on any atom is 0.275 e. The van der Waals surface area contributed by atoms with Crippen molar-refractivity contribution in [3.05, 3.63) is 39.5 Å². The van der Waals surface area contributed by atoms with Crippen LogP contribution < -0.4 is 5.56 Å². The molecule has 20 heavy (non-hydrogen) atoms. The highest BCUT2D eigenvalue weighted by Crippen LogP contribution is 2.16. The highest BCUT2D eigenvalue weighted by molar-refractivity contribution is 7.14. The summed E-state index contributed by atoms with van der Waals surface area (Å²) in [6.45, 7) is 3.58. The molecule has 3 aromatic heterocycles. The van der Waals surface area contributed by atoms with E-state index < -0.39 is 5.60 Å². The van der Waals surface area contributed by atoms with Gasteiger partial charge in [-0.3, -0.25) is 4.79 Å². The van der Waals surface area contributed by atoms with E-state index in [0.717, 1.165) is 0 Å². The van der Waals surface area contributed by atoms with E-state index in [1.165, 1.54) is 26.6 Å². The van der Waals surface area contributed by atoms with Crippen molar-refractivity contribution in [2.24, 2.45) is 0 Å². The molecule has 3 heterocycles. The van der Waals surface area contributed by atoms with Crippen molar-refractivity contribution in [1.29, 1.82) is 0 Å². The van der Waals surface area contributed by atoms with Crippen molar-refractivity contribution >= 4 is 16.3 Å². The topological polar surface area (TPSA) is 98.2 Å². The van der Waals surface area contributed by atoms with Gasteiger partial charge in [0.15, 0.2) is 0 Å². The van der Waals surface area contributed by atoms with Crippen LogP contribution in [0.2, 0.25) is 0 Å². The number of aromatic nitrogens is 6. The molecule has 0 aliphatic carbocycles. The number of aliphatic hydroxyl groups is 1. The highest BCUT2D eigenvalue weighted by Gasteiger charge is 2.20. The van der Waals surface area contributed by atoms with Gasteiger partial charge in [-0.2, -0.15) is 9.61 Å². The second-order valence-electron chi connectivity index (χ2n) is 4.88. The van der Waals surface area contributed by atoms with Crippen molar-refractivity contribution in [2.45, 2.75) is 26.0 Å². The molecule has 0 aliphatic heterocycles. The molecule has 0 unspecified atom stereocenters. The van der Waals surface area contributed by atoms with Gasteiger partial charge in [0.25, 0.3) is 5.56 Å². The molecular weight excluding hydrogens is 280 g/mol. The molecule has 9 heteroatoms. The van der Waals surface area contributed by atoms with Crippen molar-refractivity contribution in [2.75, 3.05) is 0 Å². The molecule has 0 fully saturated rings. The van der Waals surface area contributed by atoms with Crippen LogP contribution in [0, 0.1) is 0 Å². The zero-order valence-corrected chi connectivity index (χ0v) is 11.7. The number of nitrogens with zero attached hydrogens (tertiary/aromatic N) is 6. The lowest BCUT2D eigenvalue weighted by Gasteiger charge is -2.11. The first-order valence-electron chi connectivity index (χ1n) is 5.89. The van der Waals surface area contributed by atoms with Crippen LogP contribution in [0.15, 0.2) is 22.6 Å². The summed E-state index contributed by atoms with van der Waals surface area (Å²) >= 11 is 1.29.